The lowest BCUT2D eigenvalue weighted by atomic mass is 10.2. The normalized spacial score (nSPS) is 10.0. The molecule has 0 bridgehead atoms. The summed E-state index contributed by atoms with van der Waals surface area (Å²) in [7, 11) is 0. The lowest BCUT2D eigenvalue weighted by Crippen LogP contribution is -2.26. The Labute approximate surface area is 107 Å². The van der Waals surface area contributed by atoms with Crippen molar-refractivity contribution in [3.63, 3.8) is 0 Å². The minimum atomic E-state index is -0.420. The highest BCUT2D eigenvalue weighted by atomic mass is 35.5. The van der Waals surface area contributed by atoms with Gasteiger partial charge in [-0.15, -0.1) is 10.2 Å². The van der Waals surface area contributed by atoms with Gasteiger partial charge in [0, 0.05) is 13.0 Å². The molecule has 0 aliphatic rings. The summed E-state index contributed by atoms with van der Waals surface area (Å²) in [6.07, 6.45) is 0.675. The molecule has 92 valence electrons. The van der Waals surface area contributed by atoms with E-state index in [1.165, 1.54) is 6.07 Å². The van der Waals surface area contributed by atoms with Gasteiger partial charge in [-0.2, -0.15) is 0 Å². The number of amides is 2. The minimum Gasteiger partial charge on any atom is -0.370 e. The number of hydrogen-bond donors (Lipinski definition) is 2. The number of primary amides is 1. The summed E-state index contributed by atoms with van der Waals surface area (Å²) in [6, 6.07) is 1.32. The van der Waals surface area contributed by atoms with Gasteiger partial charge in [-0.1, -0.05) is 23.2 Å². The summed E-state index contributed by atoms with van der Waals surface area (Å²) in [5.74, 6) is -0.831. The Morgan fingerprint density at radius 2 is 2.06 bits per heavy atom. The fourth-order valence-corrected chi connectivity index (χ4v) is 1.40. The smallest absolute Gasteiger partial charge is 0.254 e. The van der Waals surface area contributed by atoms with E-state index in [1.54, 1.807) is 0 Å². The zero-order valence-corrected chi connectivity index (χ0v) is 10.3. The van der Waals surface area contributed by atoms with E-state index in [4.69, 9.17) is 28.9 Å². The quantitative estimate of drug-likeness (QED) is 0.777. The van der Waals surface area contributed by atoms with Crippen LogP contribution in [0.4, 0.5) is 0 Å². The van der Waals surface area contributed by atoms with Crippen molar-refractivity contribution in [1.29, 1.82) is 0 Å². The monoisotopic (exact) mass is 276 g/mol. The number of nitrogens with two attached hydrogens (primary N) is 1. The van der Waals surface area contributed by atoms with Crippen molar-refractivity contribution in [2.24, 2.45) is 5.73 Å². The van der Waals surface area contributed by atoms with E-state index in [2.05, 4.69) is 15.5 Å². The summed E-state index contributed by atoms with van der Waals surface area (Å²) in [5, 5.41) is 9.61. The number of carbonyl (C=O) groups is 2. The predicted molar refractivity (Wildman–Crippen MR) is 62.8 cm³/mol. The molecule has 0 aliphatic carbocycles. The van der Waals surface area contributed by atoms with Gasteiger partial charge >= 0.3 is 0 Å². The molecule has 1 heterocycles. The number of aromatic nitrogens is 2. The first-order valence-electron chi connectivity index (χ1n) is 4.76. The average Bonchev–Trinajstić information content (AvgIpc) is 2.27. The molecule has 6 nitrogen and oxygen atoms in total. The van der Waals surface area contributed by atoms with Crippen molar-refractivity contribution in [3.8, 4) is 0 Å². The molecule has 1 aromatic heterocycles. The SMILES string of the molecule is NC(=O)CCCNC(=O)c1cc(Cl)nnc1Cl. The molecule has 0 aliphatic heterocycles. The molecule has 0 saturated heterocycles. The van der Waals surface area contributed by atoms with Crippen LogP contribution in [0.15, 0.2) is 6.07 Å². The third-order valence-electron chi connectivity index (χ3n) is 1.85. The topological polar surface area (TPSA) is 98.0 Å². The molecule has 0 fully saturated rings. The minimum absolute atomic E-state index is 0.0261. The molecular weight excluding hydrogens is 267 g/mol. The number of nitrogens with zero attached hydrogens (tertiary/aromatic N) is 2. The van der Waals surface area contributed by atoms with Crippen molar-refractivity contribution < 1.29 is 9.59 Å². The first-order valence-corrected chi connectivity index (χ1v) is 5.51. The summed E-state index contributed by atoms with van der Waals surface area (Å²) in [6.45, 7) is 0.318. The van der Waals surface area contributed by atoms with Crippen molar-refractivity contribution >= 4 is 35.0 Å². The first kappa shape index (κ1) is 13.7. The van der Waals surface area contributed by atoms with E-state index in [-0.39, 0.29) is 22.3 Å². The Morgan fingerprint density at radius 3 is 2.71 bits per heavy atom. The van der Waals surface area contributed by atoms with Crippen LogP contribution < -0.4 is 11.1 Å². The lowest BCUT2D eigenvalue weighted by molar-refractivity contribution is -0.118. The second-order valence-corrected chi connectivity index (χ2v) is 3.94. The van der Waals surface area contributed by atoms with Gasteiger partial charge in [0.2, 0.25) is 5.91 Å². The van der Waals surface area contributed by atoms with Gasteiger partial charge in [-0.25, -0.2) is 0 Å². The molecule has 8 heteroatoms. The number of halogens is 2. The van der Waals surface area contributed by atoms with Crippen LogP contribution in [0.5, 0.6) is 0 Å². The lowest BCUT2D eigenvalue weighted by Gasteiger charge is -2.05. The maximum atomic E-state index is 11.6. The van der Waals surface area contributed by atoms with Gasteiger partial charge in [-0.3, -0.25) is 9.59 Å². The maximum Gasteiger partial charge on any atom is 0.254 e. The number of hydrogen-bond acceptors (Lipinski definition) is 4. The van der Waals surface area contributed by atoms with Crippen molar-refractivity contribution in [1.82, 2.24) is 15.5 Å². The molecule has 1 rings (SSSR count). The maximum absolute atomic E-state index is 11.6. The molecule has 17 heavy (non-hydrogen) atoms. The third-order valence-corrected chi connectivity index (χ3v) is 2.31. The van der Waals surface area contributed by atoms with Gasteiger partial charge in [0.15, 0.2) is 10.3 Å². The predicted octanol–water partition coefficient (Wildman–Crippen LogP) is 0.779. The highest BCUT2D eigenvalue weighted by Crippen LogP contribution is 2.14. The zero-order valence-electron chi connectivity index (χ0n) is 8.74. The molecular formula is C9H10Cl2N4O2. The molecule has 0 unspecified atom stereocenters. The molecule has 1 aromatic rings. The van der Waals surface area contributed by atoms with E-state index >= 15 is 0 Å². The molecule has 0 atom stereocenters. The van der Waals surface area contributed by atoms with Crippen LogP contribution in [0.25, 0.3) is 0 Å². The summed E-state index contributed by atoms with van der Waals surface area (Å²) in [4.78, 5) is 22.1. The van der Waals surface area contributed by atoms with Crippen molar-refractivity contribution in [2.45, 2.75) is 12.8 Å². The number of rotatable bonds is 5. The van der Waals surface area contributed by atoms with Crippen LogP contribution >= 0.6 is 23.2 Å². The highest BCUT2D eigenvalue weighted by Gasteiger charge is 2.12. The van der Waals surface area contributed by atoms with Gasteiger partial charge in [0.1, 0.15) is 0 Å². The highest BCUT2D eigenvalue weighted by molar-refractivity contribution is 6.34. The van der Waals surface area contributed by atoms with Crippen LogP contribution in [0.2, 0.25) is 10.3 Å². The Bertz CT molecular complexity index is 439. The van der Waals surface area contributed by atoms with Crippen LogP contribution in [0.1, 0.15) is 23.2 Å². The van der Waals surface area contributed by atoms with Crippen LogP contribution in [-0.2, 0) is 4.79 Å². The van der Waals surface area contributed by atoms with Gasteiger partial charge in [-0.05, 0) is 12.5 Å². The fraction of sp³-hybridized carbons (Fsp3) is 0.333. The zero-order chi connectivity index (χ0) is 12.8. The molecule has 0 saturated carbocycles. The summed E-state index contributed by atoms with van der Waals surface area (Å²) < 4.78 is 0. The van der Waals surface area contributed by atoms with E-state index < -0.39 is 11.8 Å². The largest absolute Gasteiger partial charge is 0.370 e. The van der Waals surface area contributed by atoms with Gasteiger partial charge in [0.05, 0.1) is 5.56 Å². The van der Waals surface area contributed by atoms with Gasteiger partial charge in [0.25, 0.3) is 5.91 Å². The average molecular weight is 277 g/mol. The Hall–Kier alpha value is -1.40. The number of carbonyl (C=O) groups excluding carboxylic acids is 2. The van der Waals surface area contributed by atoms with E-state index in [0.29, 0.717) is 13.0 Å². The molecule has 3 N–H and O–H groups in total. The molecule has 2 amide bonds. The molecule has 0 spiro atoms. The number of nitrogens with one attached hydrogen (secondary N) is 1. The van der Waals surface area contributed by atoms with E-state index in [0.717, 1.165) is 0 Å². The van der Waals surface area contributed by atoms with Crippen LogP contribution in [0.3, 0.4) is 0 Å². The van der Waals surface area contributed by atoms with E-state index in [1.807, 2.05) is 0 Å². The molecule has 0 aromatic carbocycles. The Balaban J connectivity index is 2.52. The Kier molecular flexibility index (Phi) is 5.11. The standard InChI is InChI=1S/C9H10Cl2N4O2/c10-6-4-5(8(11)15-14-6)9(17)13-3-1-2-7(12)16/h4H,1-3H2,(H2,12,16)(H,13,17). The fourth-order valence-electron chi connectivity index (χ4n) is 1.07. The van der Waals surface area contributed by atoms with Gasteiger partial charge < -0.3 is 11.1 Å². The summed E-state index contributed by atoms with van der Waals surface area (Å²) in [5.41, 5.74) is 5.10. The Morgan fingerprint density at radius 1 is 1.35 bits per heavy atom. The van der Waals surface area contributed by atoms with Crippen LogP contribution in [-0.4, -0.2) is 28.6 Å². The second kappa shape index (κ2) is 6.36. The van der Waals surface area contributed by atoms with E-state index in [9.17, 15) is 9.59 Å². The second-order valence-electron chi connectivity index (χ2n) is 3.20. The summed E-state index contributed by atoms with van der Waals surface area (Å²) >= 11 is 11.3. The van der Waals surface area contributed by atoms with Crippen molar-refractivity contribution in [2.75, 3.05) is 6.54 Å². The van der Waals surface area contributed by atoms with Crippen LogP contribution in [0, 0.1) is 0 Å². The van der Waals surface area contributed by atoms with Crippen molar-refractivity contribution in [3.05, 3.63) is 21.9 Å². The first-order chi connectivity index (χ1) is 8.00. The molecule has 0 radical (unpaired) electrons. The third kappa shape index (κ3) is 4.54.